The van der Waals surface area contributed by atoms with Crippen LogP contribution in [-0.2, 0) is 0 Å². The van der Waals surface area contributed by atoms with Crippen LogP contribution in [0.3, 0.4) is 0 Å². The summed E-state index contributed by atoms with van der Waals surface area (Å²) in [6.07, 6.45) is 1.33. The molecule has 2 N–H and O–H groups in total. The van der Waals surface area contributed by atoms with E-state index >= 15 is 0 Å². The minimum atomic E-state index is 0.477. The molecule has 0 fully saturated rings. The molecule has 1 aromatic carbocycles. The van der Waals surface area contributed by atoms with Crippen molar-refractivity contribution in [2.45, 2.75) is 6.92 Å². The van der Waals surface area contributed by atoms with Crippen LogP contribution < -0.4 is 5.32 Å². The number of aromatic nitrogens is 1. The van der Waals surface area contributed by atoms with Crippen molar-refractivity contribution in [3.63, 3.8) is 0 Å². The molecule has 2 aromatic rings. The average molecular weight is 260 g/mol. The van der Waals surface area contributed by atoms with Gasteiger partial charge in [-0.3, -0.25) is 0 Å². The number of benzene rings is 1. The van der Waals surface area contributed by atoms with Crippen molar-refractivity contribution < 1.29 is 0 Å². The molecule has 3 nitrogen and oxygen atoms in total. The zero-order valence-electron chi connectivity index (χ0n) is 10.3. The van der Waals surface area contributed by atoms with Gasteiger partial charge in [0.2, 0.25) is 0 Å². The molecule has 0 saturated heterocycles. The summed E-state index contributed by atoms with van der Waals surface area (Å²) in [7, 11) is 1.84. The predicted octanol–water partition coefficient (Wildman–Crippen LogP) is 3.75. The second-order valence-electron chi connectivity index (χ2n) is 4.00. The van der Waals surface area contributed by atoms with E-state index in [1.54, 1.807) is 6.07 Å². The SMILES string of the molecule is CNc1ccc(-c2nc(Cl)ccc2C)cc1C=N. The van der Waals surface area contributed by atoms with Crippen molar-refractivity contribution in [3.05, 3.63) is 46.6 Å². The van der Waals surface area contributed by atoms with Crippen LogP contribution in [-0.4, -0.2) is 18.2 Å². The topological polar surface area (TPSA) is 48.8 Å². The zero-order valence-corrected chi connectivity index (χ0v) is 11.0. The summed E-state index contributed by atoms with van der Waals surface area (Å²) in [4.78, 5) is 4.34. The van der Waals surface area contributed by atoms with Crippen LogP contribution in [0.1, 0.15) is 11.1 Å². The first kappa shape index (κ1) is 12.6. The van der Waals surface area contributed by atoms with E-state index in [1.807, 2.05) is 38.2 Å². The summed E-state index contributed by atoms with van der Waals surface area (Å²) in [6, 6.07) is 9.58. The van der Waals surface area contributed by atoms with E-state index in [0.29, 0.717) is 5.15 Å². The van der Waals surface area contributed by atoms with Crippen molar-refractivity contribution in [1.29, 1.82) is 5.41 Å². The number of nitrogens with one attached hydrogen (secondary N) is 2. The summed E-state index contributed by atoms with van der Waals surface area (Å²) < 4.78 is 0. The van der Waals surface area contributed by atoms with Crippen LogP contribution in [0.5, 0.6) is 0 Å². The second-order valence-corrected chi connectivity index (χ2v) is 4.38. The van der Waals surface area contributed by atoms with Crippen LogP contribution >= 0.6 is 11.6 Å². The lowest BCUT2D eigenvalue weighted by Gasteiger charge is -2.09. The molecule has 1 aromatic heterocycles. The van der Waals surface area contributed by atoms with Crippen LogP contribution in [0.4, 0.5) is 5.69 Å². The number of aryl methyl sites for hydroxylation is 1. The highest BCUT2D eigenvalue weighted by molar-refractivity contribution is 6.29. The highest BCUT2D eigenvalue weighted by atomic mass is 35.5. The van der Waals surface area contributed by atoms with Gasteiger partial charge < -0.3 is 10.7 Å². The van der Waals surface area contributed by atoms with E-state index in [2.05, 4.69) is 10.3 Å². The first-order chi connectivity index (χ1) is 8.65. The van der Waals surface area contributed by atoms with Crippen LogP contribution in [0.15, 0.2) is 30.3 Å². The maximum atomic E-state index is 7.43. The third kappa shape index (κ3) is 2.36. The van der Waals surface area contributed by atoms with Crippen LogP contribution in [0.25, 0.3) is 11.3 Å². The summed E-state index contributed by atoms with van der Waals surface area (Å²) in [6.45, 7) is 1.99. The molecule has 18 heavy (non-hydrogen) atoms. The lowest BCUT2D eigenvalue weighted by atomic mass is 10.0. The molecule has 0 aliphatic heterocycles. The molecule has 0 spiro atoms. The Hall–Kier alpha value is -1.87. The normalized spacial score (nSPS) is 10.2. The molecule has 92 valence electrons. The molecule has 0 atom stereocenters. The number of hydrogen-bond donors (Lipinski definition) is 2. The standard InChI is InChI=1S/C14H14ClN3/c1-9-3-6-13(15)18-14(9)10-4-5-12(17-2)11(7-10)8-16/h3-8,16-17H,1-2H3. The van der Waals surface area contributed by atoms with E-state index in [0.717, 1.165) is 28.1 Å². The number of halogens is 1. The molecule has 4 heteroatoms. The molecular weight excluding hydrogens is 246 g/mol. The highest BCUT2D eigenvalue weighted by Gasteiger charge is 2.07. The Bertz CT molecular complexity index is 594. The molecule has 0 amide bonds. The lowest BCUT2D eigenvalue weighted by Crippen LogP contribution is -1.96. The van der Waals surface area contributed by atoms with Crippen molar-refractivity contribution in [2.75, 3.05) is 12.4 Å². The fourth-order valence-corrected chi connectivity index (χ4v) is 2.00. The van der Waals surface area contributed by atoms with E-state index in [9.17, 15) is 0 Å². The minimum Gasteiger partial charge on any atom is -0.388 e. The van der Waals surface area contributed by atoms with Crippen molar-refractivity contribution in [3.8, 4) is 11.3 Å². The summed E-state index contributed by atoms with van der Waals surface area (Å²) in [5, 5.41) is 11.0. The van der Waals surface area contributed by atoms with E-state index in [4.69, 9.17) is 17.0 Å². The van der Waals surface area contributed by atoms with Crippen molar-refractivity contribution >= 4 is 23.5 Å². The Kier molecular flexibility index (Phi) is 3.63. The molecule has 0 bridgehead atoms. The number of anilines is 1. The Morgan fingerprint density at radius 2 is 2.06 bits per heavy atom. The van der Waals surface area contributed by atoms with Crippen molar-refractivity contribution in [1.82, 2.24) is 4.98 Å². The van der Waals surface area contributed by atoms with Crippen LogP contribution in [0.2, 0.25) is 5.15 Å². The number of hydrogen-bond acceptors (Lipinski definition) is 3. The van der Waals surface area contributed by atoms with Gasteiger partial charge in [-0.25, -0.2) is 4.98 Å². The Morgan fingerprint density at radius 3 is 2.72 bits per heavy atom. The van der Waals surface area contributed by atoms with Gasteiger partial charge in [-0.15, -0.1) is 0 Å². The fraction of sp³-hybridized carbons (Fsp3) is 0.143. The monoisotopic (exact) mass is 259 g/mol. The third-order valence-electron chi connectivity index (χ3n) is 2.81. The smallest absolute Gasteiger partial charge is 0.129 e. The van der Waals surface area contributed by atoms with Gasteiger partial charge >= 0.3 is 0 Å². The minimum absolute atomic E-state index is 0.477. The third-order valence-corrected chi connectivity index (χ3v) is 3.02. The largest absolute Gasteiger partial charge is 0.388 e. The number of nitrogens with zero attached hydrogens (tertiary/aromatic N) is 1. The van der Waals surface area contributed by atoms with Gasteiger partial charge in [0, 0.05) is 30.1 Å². The van der Waals surface area contributed by atoms with Gasteiger partial charge in [-0.1, -0.05) is 23.7 Å². The fourth-order valence-electron chi connectivity index (χ4n) is 1.85. The molecule has 0 unspecified atom stereocenters. The van der Waals surface area contributed by atoms with E-state index in [-0.39, 0.29) is 0 Å². The highest BCUT2D eigenvalue weighted by Crippen LogP contribution is 2.26. The molecule has 1 heterocycles. The van der Waals surface area contributed by atoms with Crippen molar-refractivity contribution in [2.24, 2.45) is 0 Å². The molecule has 0 radical (unpaired) electrons. The summed E-state index contributed by atoms with van der Waals surface area (Å²) in [5.74, 6) is 0. The number of pyridine rings is 1. The van der Waals surface area contributed by atoms with Gasteiger partial charge in [0.25, 0.3) is 0 Å². The molecule has 0 aliphatic carbocycles. The molecule has 0 saturated carbocycles. The molecular formula is C14H14ClN3. The Morgan fingerprint density at radius 1 is 1.28 bits per heavy atom. The first-order valence-corrected chi connectivity index (χ1v) is 5.99. The Labute approximate surface area is 111 Å². The quantitative estimate of drug-likeness (QED) is 0.651. The first-order valence-electron chi connectivity index (χ1n) is 5.61. The summed E-state index contributed by atoms with van der Waals surface area (Å²) >= 11 is 5.93. The molecule has 2 rings (SSSR count). The van der Waals surface area contributed by atoms with Gasteiger partial charge in [-0.2, -0.15) is 0 Å². The van der Waals surface area contributed by atoms with Crippen LogP contribution in [0, 0.1) is 12.3 Å². The average Bonchev–Trinajstić information content (AvgIpc) is 2.40. The predicted molar refractivity (Wildman–Crippen MR) is 76.9 cm³/mol. The molecule has 0 aliphatic rings. The van der Waals surface area contributed by atoms with E-state index < -0.39 is 0 Å². The Balaban J connectivity index is 2.57. The van der Waals surface area contributed by atoms with Gasteiger partial charge in [0.05, 0.1) is 5.69 Å². The maximum absolute atomic E-state index is 7.43. The maximum Gasteiger partial charge on any atom is 0.129 e. The second kappa shape index (κ2) is 5.19. The van der Waals surface area contributed by atoms with Gasteiger partial charge in [-0.05, 0) is 30.7 Å². The van der Waals surface area contributed by atoms with E-state index in [1.165, 1.54) is 6.21 Å². The van der Waals surface area contributed by atoms with Gasteiger partial charge in [0.15, 0.2) is 0 Å². The van der Waals surface area contributed by atoms with Gasteiger partial charge in [0.1, 0.15) is 5.15 Å². The number of rotatable bonds is 3. The summed E-state index contributed by atoms with van der Waals surface area (Å²) in [5.41, 5.74) is 4.64. The lowest BCUT2D eigenvalue weighted by molar-refractivity contribution is 1.27. The zero-order chi connectivity index (χ0) is 13.1.